The molecule has 0 saturated carbocycles. The van der Waals surface area contributed by atoms with E-state index >= 15 is 0 Å². The summed E-state index contributed by atoms with van der Waals surface area (Å²) in [5, 5.41) is 8.17. The number of nitrogens with zero attached hydrogens (tertiary/aromatic N) is 4. The van der Waals surface area contributed by atoms with E-state index in [1.54, 1.807) is 36.1 Å². The van der Waals surface area contributed by atoms with Crippen molar-refractivity contribution in [1.29, 1.82) is 0 Å². The zero-order valence-electron chi connectivity index (χ0n) is 19.1. The average molecular weight is 480 g/mol. The fraction of sp³-hybridized carbons (Fsp3) is 0.292. The lowest BCUT2D eigenvalue weighted by Gasteiger charge is -2.14. The van der Waals surface area contributed by atoms with Crippen LogP contribution in [0.4, 0.5) is 11.4 Å². The Morgan fingerprint density at radius 2 is 1.97 bits per heavy atom. The first-order chi connectivity index (χ1) is 16.2. The van der Waals surface area contributed by atoms with Gasteiger partial charge in [-0.2, -0.15) is 5.10 Å². The van der Waals surface area contributed by atoms with Crippen LogP contribution in [0.25, 0.3) is 22.5 Å². The maximum atomic E-state index is 13.4. The van der Waals surface area contributed by atoms with Crippen molar-refractivity contribution in [3.63, 3.8) is 0 Å². The van der Waals surface area contributed by atoms with E-state index in [-0.39, 0.29) is 23.5 Å². The Hall–Kier alpha value is -3.66. The lowest BCUT2D eigenvalue weighted by molar-refractivity contribution is 0.102. The molecule has 176 valence electrons. The molecule has 1 aliphatic heterocycles. The van der Waals surface area contributed by atoms with Crippen molar-refractivity contribution in [1.82, 2.24) is 14.8 Å². The molecule has 34 heavy (non-hydrogen) atoms. The van der Waals surface area contributed by atoms with Crippen molar-refractivity contribution in [2.45, 2.75) is 19.4 Å². The summed E-state index contributed by atoms with van der Waals surface area (Å²) in [5.41, 5.74) is 3.65. The van der Waals surface area contributed by atoms with Crippen LogP contribution in [0.2, 0.25) is 0 Å². The first kappa shape index (κ1) is 22.1. The zero-order valence-corrected chi connectivity index (χ0v) is 20.0. The number of pyridine rings is 1. The molecule has 0 aliphatic carbocycles. The van der Waals surface area contributed by atoms with E-state index in [9.17, 15) is 13.2 Å². The second kappa shape index (κ2) is 8.28. The van der Waals surface area contributed by atoms with Gasteiger partial charge in [0, 0.05) is 25.5 Å². The van der Waals surface area contributed by atoms with Crippen LogP contribution in [-0.2, 0) is 9.84 Å². The van der Waals surface area contributed by atoms with Crippen LogP contribution in [0.15, 0.2) is 53.1 Å². The molecule has 0 radical (unpaired) electrons. The average Bonchev–Trinajstić information content (AvgIpc) is 3.53. The number of carbonyl (C=O) groups is 1. The first-order valence-corrected chi connectivity index (χ1v) is 12.8. The third-order valence-electron chi connectivity index (χ3n) is 6.05. The summed E-state index contributed by atoms with van der Waals surface area (Å²) in [6.07, 6.45) is 2.00. The van der Waals surface area contributed by atoms with Crippen LogP contribution in [0.1, 0.15) is 28.5 Å². The van der Waals surface area contributed by atoms with Gasteiger partial charge in [-0.3, -0.25) is 4.79 Å². The van der Waals surface area contributed by atoms with E-state index in [1.807, 2.05) is 43.3 Å². The van der Waals surface area contributed by atoms with Crippen LogP contribution in [-0.4, -0.2) is 54.7 Å². The maximum absolute atomic E-state index is 13.4. The van der Waals surface area contributed by atoms with Gasteiger partial charge in [-0.05, 0) is 55.8 Å². The van der Waals surface area contributed by atoms with Gasteiger partial charge >= 0.3 is 0 Å². The lowest BCUT2D eigenvalue weighted by Crippen LogP contribution is -2.15. The lowest BCUT2D eigenvalue weighted by atomic mass is 10.1. The number of nitrogens with one attached hydrogen (secondary N) is 1. The number of carbonyl (C=O) groups excluding carboxylic acids is 1. The summed E-state index contributed by atoms with van der Waals surface area (Å²) in [6, 6.07) is 12.4. The molecule has 4 heterocycles. The van der Waals surface area contributed by atoms with E-state index in [1.165, 1.54) is 0 Å². The maximum Gasteiger partial charge on any atom is 0.256 e. The van der Waals surface area contributed by atoms with Gasteiger partial charge in [0.25, 0.3) is 5.91 Å². The fourth-order valence-corrected chi connectivity index (χ4v) is 6.00. The number of rotatable bonds is 5. The molecule has 1 saturated heterocycles. The summed E-state index contributed by atoms with van der Waals surface area (Å²) in [7, 11) is 0.781. The molecule has 3 aromatic heterocycles. The highest BCUT2D eigenvalue weighted by Gasteiger charge is 2.32. The van der Waals surface area contributed by atoms with Crippen LogP contribution >= 0.6 is 0 Å². The molecule has 5 rings (SSSR count). The fourth-order valence-electron chi connectivity index (χ4n) is 4.31. The highest BCUT2D eigenvalue weighted by molar-refractivity contribution is 7.91. The molecule has 1 aliphatic rings. The molecule has 1 aromatic carbocycles. The van der Waals surface area contributed by atoms with Crippen LogP contribution in [0, 0.1) is 6.92 Å². The van der Waals surface area contributed by atoms with E-state index < -0.39 is 9.84 Å². The molecule has 1 amide bonds. The summed E-state index contributed by atoms with van der Waals surface area (Å²) in [4.78, 5) is 20.2. The molecule has 4 aromatic rings. The number of anilines is 2. The number of amides is 1. The Morgan fingerprint density at radius 3 is 2.59 bits per heavy atom. The van der Waals surface area contributed by atoms with Gasteiger partial charge in [0.15, 0.2) is 21.2 Å². The predicted octanol–water partition coefficient (Wildman–Crippen LogP) is 3.68. The largest absolute Gasteiger partial charge is 0.463 e. The zero-order chi connectivity index (χ0) is 24.0. The van der Waals surface area contributed by atoms with Crippen molar-refractivity contribution in [2.75, 3.05) is 35.8 Å². The van der Waals surface area contributed by atoms with Crippen molar-refractivity contribution < 1.29 is 17.6 Å². The normalized spacial score (nSPS) is 17.2. The van der Waals surface area contributed by atoms with Gasteiger partial charge < -0.3 is 14.6 Å². The smallest absolute Gasteiger partial charge is 0.256 e. The van der Waals surface area contributed by atoms with E-state index in [0.29, 0.717) is 45.9 Å². The van der Waals surface area contributed by atoms with Crippen molar-refractivity contribution in [2.24, 2.45) is 0 Å². The standard InChI is InChI=1S/C24H25N5O4S/c1-15-22-19(24(30)25-16-6-8-17(9-7-16)28(2)3)13-20(21-5-4-11-33-21)26-23(22)29(27-15)18-10-12-34(31,32)14-18/h4-9,11,13,18H,10,12,14H2,1-3H3,(H,25,30)/t18-/m0/s1. The number of sulfone groups is 1. The van der Waals surface area contributed by atoms with Crippen LogP contribution < -0.4 is 10.2 Å². The van der Waals surface area contributed by atoms with Gasteiger partial charge in [-0.25, -0.2) is 18.1 Å². The molecule has 9 nitrogen and oxygen atoms in total. The molecule has 0 spiro atoms. The molecule has 0 bridgehead atoms. The minimum absolute atomic E-state index is 0.00956. The number of fused-ring (bicyclic) bond motifs is 1. The molecule has 10 heteroatoms. The molecular weight excluding hydrogens is 454 g/mol. The number of hydrogen-bond donors (Lipinski definition) is 1. The molecule has 0 unspecified atom stereocenters. The van der Waals surface area contributed by atoms with E-state index in [2.05, 4.69) is 10.4 Å². The van der Waals surface area contributed by atoms with E-state index in [0.717, 1.165) is 5.69 Å². The third kappa shape index (κ3) is 4.05. The Labute approximate surface area is 197 Å². The molecular formula is C24H25N5O4S. The van der Waals surface area contributed by atoms with Crippen molar-refractivity contribution in [3.05, 3.63) is 60.0 Å². The van der Waals surface area contributed by atoms with Gasteiger partial charge in [0.2, 0.25) is 0 Å². The minimum atomic E-state index is -3.12. The van der Waals surface area contributed by atoms with Crippen LogP contribution in [0.5, 0.6) is 0 Å². The summed E-state index contributed by atoms with van der Waals surface area (Å²) < 4.78 is 31.4. The Bertz CT molecular complexity index is 1470. The second-order valence-electron chi connectivity index (χ2n) is 8.71. The summed E-state index contributed by atoms with van der Waals surface area (Å²) in [6.45, 7) is 1.80. The van der Waals surface area contributed by atoms with Crippen molar-refractivity contribution in [3.8, 4) is 11.5 Å². The van der Waals surface area contributed by atoms with Crippen LogP contribution in [0.3, 0.4) is 0 Å². The topological polar surface area (TPSA) is 110 Å². The SMILES string of the molecule is Cc1nn([C@H]2CCS(=O)(=O)C2)c2nc(-c3ccco3)cc(C(=O)Nc3ccc(N(C)C)cc3)c12. The second-order valence-corrected chi connectivity index (χ2v) is 10.9. The highest BCUT2D eigenvalue weighted by atomic mass is 32.2. The van der Waals surface area contributed by atoms with Gasteiger partial charge in [-0.15, -0.1) is 0 Å². The Morgan fingerprint density at radius 1 is 1.21 bits per heavy atom. The number of aromatic nitrogens is 3. The monoisotopic (exact) mass is 479 g/mol. The minimum Gasteiger partial charge on any atom is -0.463 e. The molecule has 1 fully saturated rings. The van der Waals surface area contributed by atoms with Gasteiger partial charge in [0.05, 0.1) is 40.5 Å². The predicted molar refractivity (Wildman–Crippen MR) is 131 cm³/mol. The highest BCUT2D eigenvalue weighted by Crippen LogP contribution is 2.32. The van der Waals surface area contributed by atoms with Crippen molar-refractivity contribution >= 4 is 38.2 Å². The van der Waals surface area contributed by atoms with Gasteiger partial charge in [-0.1, -0.05) is 0 Å². The first-order valence-electron chi connectivity index (χ1n) is 10.9. The summed E-state index contributed by atoms with van der Waals surface area (Å²) in [5.74, 6) is 0.331. The third-order valence-corrected chi connectivity index (χ3v) is 7.80. The van der Waals surface area contributed by atoms with E-state index in [4.69, 9.17) is 9.40 Å². The Balaban J connectivity index is 1.61. The molecule has 1 N–H and O–H groups in total. The quantitative estimate of drug-likeness (QED) is 0.465. The number of hydrogen-bond acceptors (Lipinski definition) is 7. The Kier molecular flexibility index (Phi) is 5.40. The number of benzene rings is 1. The number of furan rings is 1. The molecule has 1 atom stereocenters. The number of aryl methyl sites for hydroxylation is 1. The van der Waals surface area contributed by atoms with Gasteiger partial charge in [0.1, 0.15) is 5.69 Å². The summed E-state index contributed by atoms with van der Waals surface area (Å²) >= 11 is 0.